The molecule has 3 rings (SSSR count). The van der Waals surface area contributed by atoms with Gasteiger partial charge >= 0.3 is 0 Å². The number of benzene rings is 2. The SMILES string of the molecule is Cc1ccc(OCC(=O)N2CCC(NC(=O)CCOc3ccccc3)CC2)c(C)c1. The quantitative estimate of drug-likeness (QED) is 0.725. The first-order valence-electron chi connectivity index (χ1n) is 10.5. The third kappa shape index (κ3) is 6.51. The van der Waals surface area contributed by atoms with Gasteiger partial charge in [-0.3, -0.25) is 9.59 Å². The van der Waals surface area contributed by atoms with Crippen LogP contribution in [-0.4, -0.2) is 49.1 Å². The molecule has 0 bridgehead atoms. The number of hydrogen-bond donors (Lipinski definition) is 1. The monoisotopic (exact) mass is 410 g/mol. The summed E-state index contributed by atoms with van der Waals surface area (Å²) in [7, 11) is 0. The Hall–Kier alpha value is -3.02. The Morgan fingerprint density at radius 1 is 1.03 bits per heavy atom. The minimum Gasteiger partial charge on any atom is -0.493 e. The average Bonchev–Trinajstić information content (AvgIpc) is 2.74. The number of hydrogen-bond acceptors (Lipinski definition) is 4. The highest BCUT2D eigenvalue weighted by molar-refractivity contribution is 5.78. The largest absolute Gasteiger partial charge is 0.493 e. The fourth-order valence-corrected chi connectivity index (χ4v) is 3.54. The summed E-state index contributed by atoms with van der Waals surface area (Å²) in [5, 5.41) is 3.05. The van der Waals surface area contributed by atoms with Crippen molar-refractivity contribution in [1.29, 1.82) is 0 Å². The summed E-state index contributed by atoms with van der Waals surface area (Å²) in [4.78, 5) is 26.4. The second-order valence-electron chi connectivity index (χ2n) is 7.69. The highest BCUT2D eigenvalue weighted by Gasteiger charge is 2.24. The number of piperidine rings is 1. The first-order chi connectivity index (χ1) is 14.5. The third-order valence-corrected chi connectivity index (χ3v) is 5.24. The average molecular weight is 411 g/mol. The van der Waals surface area contributed by atoms with E-state index in [1.165, 1.54) is 5.56 Å². The highest BCUT2D eigenvalue weighted by atomic mass is 16.5. The molecule has 0 spiro atoms. The minimum atomic E-state index is -0.0195. The van der Waals surface area contributed by atoms with E-state index in [2.05, 4.69) is 5.32 Å². The molecule has 0 aromatic heterocycles. The zero-order valence-corrected chi connectivity index (χ0v) is 17.7. The molecule has 1 fully saturated rings. The zero-order valence-electron chi connectivity index (χ0n) is 17.7. The highest BCUT2D eigenvalue weighted by Crippen LogP contribution is 2.19. The van der Waals surface area contributed by atoms with Gasteiger partial charge in [-0.1, -0.05) is 35.9 Å². The number of rotatable bonds is 8. The number of aryl methyl sites for hydroxylation is 2. The fraction of sp³-hybridized carbons (Fsp3) is 0.417. The van der Waals surface area contributed by atoms with E-state index in [0.29, 0.717) is 26.1 Å². The second-order valence-corrected chi connectivity index (χ2v) is 7.69. The summed E-state index contributed by atoms with van der Waals surface area (Å²) >= 11 is 0. The maximum atomic E-state index is 12.5. The van der Waals surface area contributed by atoms with Gasteiger partial charge in [-0.2, -0.15) is 0 Å². The van der Waals surface area contributed by atoms with E-state index in [0.717, 1.165) is 29.9 Å². The predicted molar refractivity (Wildman–Crippen MR) is 116 cm³/mol. The molecule has 0 aliphatic carbocycles. The van der Waals surface area contributed by atoms with Crippen LogP contribution in [0.25, 0.3) is 0 Å². The molecule has 2 aromatic rings. The predicted octanol–water partition coefficient (Wildman–Crippen LogP) is 3.26. The van der Waals surface area contributed by atoms with Crippen molar-refractivity contribution in [3.8, 4) is 11.5 Å². The number of nitrogens with one attached hydrogen (secondary N) is 1. The maximum absolute atomic E-state index is 12.5. The van der Waals surface area contributed by atoms with Gasteiger partial charge in [0, 0.05) is 19.1 Å². The van der Waals surface area contributed by atoms with E-state index in [4.69, 9.17) is 9.47 Å². The van der Waals surface area contributed by atoms with E-state index in [1.54, 1.807) is 0 Å². The number of likely N-dealkylation sites (tertiary alicyclic amines) is 1. The lowest BCUT2D eigenvalue weighted by Gasteiger charge is -2.32. The fourth-order valence-electron chi connectivity index (χ4n) is 3.54. The Morgan fingerprint density at radius 3 is 2.47 bits per heavy atom. The first kappa shape index (κ1) is 21.7. The molecule has 160 valence electrons. The van der Waals surface area contributed by atoms with Gasteiger partial charge in [0.25, 0.3) is 5.91 Å². The van der Waals surface area contributed by atoms with Crippen LogP contribution in [0.15, 0.2) is 48.5 Å². The summed E-state index contributed by atoms with van der Waals surface area (Å²) < 4.78 is 11.3. The molecular weight excluding hydrogens is 380 g/mol. The Bertz CT molecular complexity index is 846. The van der Waals surface area contributed by atoms with Crippen LogP contribution in [-0.2, 0) is 9.59 Å². The van der Waals surface area contributed by atoms with Gasteiger partial charge in [-0.15, -0.1) is 0 Å². The number of ether oxygens (including phenoxy) is 2. The van der Waals surface area contributed by atoms with Crippen LogP contribution in [0.5, 0.6) is 11.5 Å². The van der Waals surface area contributed by atoms with Crippen LogP contribution in [0.4, 0.5) is 0 Å². The third-order valence-electron chi connectivity index (χ3n) is 5.24. The smallest absolute Gasteiger partial charge is 0.260 e. The van der Waals surface area contributed by atoms with E-state index in [-0.39, 0.29) is 24.5 Å². The summed E-state index contributed by atoms with van der Waals surface area (Å²) in [6.07, 6.45) is 1.82. The molecule has 1 aliphatic rings. The molecule has 0 radical (unpaired) electrons. The standard InChI is InChI=1S/C24H30N2O4/c1-18-8-9-22(19(2)16-18)30-17-24(28)26-13-10-20(11-14-26)25-23(27)12-15-29-21-6-4-3-5-7-21/h3-9,16,20H,10-15,17H2,1-2H3,(H,25,27). The second kappa shape index (κ2) is 10.7. The van der Waals surface area contributed by atoms with Gasteiger partial charge in [-0.05, 0) is 50.5 Å². The molecule has 1 heterocycles. The normalized spacial score (nSPS) is 14.3. The molecule has 0 unspecified atom stereocenters. The summed E-state index contributed by atoms with van der Waals surface area (Å²) in [5.74, 6) is 1.47. The van der Waals surface area contributed by atoms with E-state index in [9.17, 15) is 9.59 Å². The number of nitrogens with zero attached hydrogens (tertiary/aromatic N) is 1. The lowest BCUT2D eigenvalue weighted by molar-refractivity contribution is -0.134. The number of carbonyl (C=O) groups excluding carboxylic acids is 2. The minimum absolute atomic E-state index is 0.0176. The topological polar surface area (TPSA) is 67.9 Å². The van der Waals surface area contributed by atoms with Crippen molar-refractivity contribution < 1.29 is 19.1 Å². The molecular formula is C24H30N2O4. The van der Waals surface area contributed by atoms with Crippen molar-refractivity contribution in [2.45, 2.75) is 39.2 Å². The zero-order chi connectivity index (χ0) is 21.3. The van der Waals surface area contributed by atoms with Gasteiger partial charge in [-0.25, -0.2) is 0 Å². The maximum Gasteiger partial charge on any atom is 0.260 e. The summed E-state index contributed by atoms with van der Waals surface area (Å²) in [5.41, 5.74) is 2.20. The molecule has 6 heteroatoms. The van der Waals surface area contributed by atoms with Crippen molar-refractivity contribution in [1.82, 2.24) is 10.2 Å². The molecule has 2 aromatic carbocycles. The van der Waals surface area contributed by atoms with Gasteiger partial charge in [0.2, 0.25) is 5.91 Å². The molecule has 1 N–H and O–H groups in total. The Morgan fingerprint density at radius 2 is 1.77 bits per heavy atom. The van der Waals surface area contributed by atoms with Crippen LogP contribution in [0.2, 0.25) is 0 Å². The number of para-hydroxylation sites is 1. The Labute approximate surface area is 178 Å². The Balaban J connectivity index is 1.33. The van der Waals surface area contributed by atoms with Crippen LogP contribution >= 0.6 is 0 Å². The Kier molecular flexibility index (Phi) is 7.71. The van der Waals surface area contributed by atoms with Gasteiger partial charge in [0.1, 0.15) is 11.5 Å². The van der Waals surface area contributed by atoms with Crippen molar-refractivity contribution in [3.05, 3.63) is 59.7 Å². The molecule has 0 atom stereocenters. The summed E-state index contributed by atoms with van der Waals surface area (Å²) in [6.45, 7) is 5.65. The van der Waals surface area contributed by atoms with E-state index >= 15 is 0 Å². The molecule has 6 nitrogen and oxygen atoms in total. The van der Waals surface area contributed by atoms with E-state index in [1.807, 2.05) is 67.3 Å². The lowest BCUT2D eigenvalue weighted by Crippen LogP contribution is -2.47. The van der Waals surface area contributed by atoms with Gasteiger partial charge < -0.3 is 19.7 Å². The van der Waals surface area contributed by atoms with Crippen molar-refractivity contribution in [2.24, 2.45) is 0 Å². The van der Waals surface area contributed by atoms with Crippen molar-refractivity contribution in [3.63, 3.8) is 0 Å². The van der Waals surface area contributed by atoms with Crippen LogP contribution in [0, 0.1) is 13.8 Å². The molecule has 1 aliphatic heterocycles. The van der Waals surface area contributed by atoms with Crippen LogP contribution in [0.1, 0.15) is 30.4 Å². The van der Waals surface area contributed by atoms with Crippen molar-refractivity contribution in [2.75, 3.05) is 26.3 Å². The van der Waals surface area contributed by atoms with Gasteiger partial charge in [0.15, 0.2) is 6.61 Å². The van der Waals surface area contributed by atoms with Crippen LogP contribution < -0.4 is 14.8 Å². The lowest BCUT2D eigenvalue weighted by atomic mass is 10.0. The van der Waals surface area contributed by atoms with E-state index < -0.39 is 0 Å². The first-order valence-corrected chi connectivity index (χ1v) is 10.5. The molecule has 2 amide bonds. The summed E-state index contributed by atoms with van der Waals surface area (Å²) in [6, 6.07) is 15.5. The molecule has 30 heavy (non-hydrogen) atoms. The van der Waals surface area contributed by atoms with Crippen LogP contribution in [0.3, 0.4) is 0 Å². The molecule has 0 saturated carbocycles. The molecule has 1 saturated heterocycles. The number of amides is 2. The van der Waals surface area contributed by atoms with Crippen molar-refractivity contribution >= 4 is 11.8 Å². The number of carbonyl (C=O) groups is 2. The van der Waals surface area contributed by atoms with Gasteiger partial charge in [0.05, 0.1) is 13.0 Å².